The molecule has 0 aliphatic heterocycles. The van der Waals surface area contributed by atoms with Gasteiger partial charge in [-0.2, -0.15) is 0 Å². The first kappa shape index (κ1) is 30.5. The summed E-state index contributed by atoms with van der Waals surface area (Å²) in [5.74, 6) is 2.15. The van der Waals surface area contributed by atoms with Crippen LogP contribution in [0.25, 0.3) is 0 Å². The fourth-order valence-corrected chi connectivity index (χ4v) is 3.99. The summed E-state index contributed by atoms with van der Waals surface area (Å²) in [4.78, 5) is 12.4. The van der Waals surface area contributed by atoms with Crippen LogP contribution in [0.15, 0.2) is 60.8 Å². The molecule has 0 aliphatic rings. The van der Waals surface area contributed by atoms with Crippen molar-refractivity contribution in [1.29, 1.82) is 0 Å². The van der Waals surface area contributed by atoms with Gasteiger partial charge < -0.3 is 14.8 Å². The van der Waals surface area contributed by atoms with Crippen molar-refractivity contribution < 1.29 is 14.3 Å². The van der Waals surface area contributed by atoms with Crippen molar-refractivity contribution in [3.05, 3.63) is 66.4 Å². The predicted molar refractivity (Wildman–Crippen MR) is 157 cm³/mol. The van der Waals surface area contributed by atoms with Gasteiger partial charge in [0.2, 0.25) is 0 Å². The third kappa shape index (κ3) is 13.9. The number of hydrogen-bond donors (Lipinski definition) is 1. The van der Waals surface area contributed by atoms with Crippen LogP contribution in [-0.4, -0.2) is 19.0 Å². The lowest BCUT2D eigenvalue weighted by molar-refractivity contribution is 0.104. The van der Waals surface area contributed by atoms with Gasteiger partial charge in [0.15, 0.2) is 5.78 Å². The Morgan fingerprint density at radius 3 is 1.89 bits per heavy atom. The van der Waals surface area contributed by atoms with Crippen molar-refractivity contribution >= 4 is 11.5 Å². The number of rotatable bonds is 21. The number of benzene rings is 2. The van der Waals surface area contributed by atoms with E-state index in [1.54, 1.807) is 24.4 Å². The highest BCUT2D eigenvalue weighted by Crippen LogP contribution is 2.18. The van der Waals surface area contributed by atoms with Crippen molar-refractivity contribution in [2.75, 3.05) is 18.5 Å². The average Bonchev–Trinajstić information content (AvgIpc) is 2.93. The molecule has 0 radical (unpaired) electrons. The van der Waals surface area contributed by atoms with Crippen LogP contribution in [0.5, 0.6) is 11.5 Å². The smallest absolute Gasteiger partial charge is 0.187 e. The molecule has 1 N–H and O–H groups in total. The zero-order valence-electron chi connectivity index (χ0n) is 23.5. The molecular weight excluding hydrogens is 458 g/mol. The van der Waals surface area contributed by atoms with Crippen LogP contribution < -0.4 is 14.8 Å². The lowest BCUT2D eigenvalue weighted by Gasteiger charge is -2.10. The van der Waals surface area contributed by atoms with E-state index in [1.165, 1.54) is 64.2 Å². The largest absolute Gasteiger partial charge is 0.494 e. The normalized spacial score (nSPS) is 12.0. The summed E-state index contributed by atoms with van der Waals surface area (Å²) in [5.41, 5.74) is 1.56. The molecule has 37 heavy (non-hydrogen) atoms. The summed E-state index contributed by atoms with van der Waals surface area (Å²) in [5, 5.41) is 3.16. The maximum atomic E-state index is 12.4. The van der Waals surface area contributed by atoms with Crippen LogP contribution in [0.1, 0.15) is 108 Å². The topological polar surface area (TPSA) is 47.6 Å². The maximum absolute atomic E-state index is 12.4. The van der Waals surface area contributed by atoms with Gasteiger partial charge in [-0.25, -0.2) is 0 Å². The van der Waals surface area contributed by atoms with Gasteiger partial charge in [-0.1, -0.05) is 91.4 Å². The Kier molecular flexibility index (Phi) is 16.0. The number of allylic oxidation sites excluding steroid dienone is 1. The molecule has 0 fully saturated rings. The average molecular weight is 508 g/mol. The van der Waals surface area contributed by atoms with Gasteiger partial charge in [0.25, 0.3) is 0 Å². The Labute approximate surface area is 225 Å². The summed E-state index contributed by atoms with van der Waals surface area (Å²) in [6.45, 7) is 8.04. The minimum atomic E-state index is -0.0482. The van der Waals surface area contributed by atoms with Gasteiger partial charge >= 0.3 is 0 Å². The van der Waals surface area contributed by atoms with Crippen molar-refractivity contribution in [1.82, 2.24) is 0 Å². The van der Waals surface area contributed by atoms with E-state index < -0.39 is 0 Å². The van der Waals surface area contributed by atoms with Crippen molar-refractivity contribution in [3.63, 3.8) is 0 Å². The van der Waals surface area contributed by atoms with E-state index in [4.69, 9.17) is 9.47 Å². The molecule has 0 amide bonds. The molecule has 0 unspecified atom stereocenters. The monoisotopic (exact) mass is 507 g/mol. The molecule has 2 rings (SSSR count). The van der Waals surface area contributed by atoms with Crippen LogP contribution in [0.2, 0.25) is 0 Å². The lowest BCUT2D eigenvalue weighted by Crippen LogP contribution is -2.07. The number of nitrogens with one attached hydrogen (secondary N) is 1. The molecule has 2 aromatic rings. The molecule has 0 spiro atoms. The van der Waals surface area contributed by atoms with Crippen LogP contribution in [0, 0.1) is 5.92 Å². The van der Waals surface area contributed by atoms with Gasteiger partial charge in [0.1, 0.15) is 11.5 Å². The summed E-state index contributed by atoms with van der Waals surface area (Å²) in [7, 11) is 0. The molecule has 4 heteroatoms. The molecule has 0 aliphatic carbocycles. The molecule has 4 nitrogen and oxygen atoms in total. The number of ether oxygens (including phenoxy) is 2. The van der Waals surface area contributed by atoms with Gasteiger partial charge in [0.05, 0.1) is 13.2 Å². The van der Waals surface area contributed by atoms with Crippen LogP contribution in [0.3, 0.4) is 0 Å². The van der Waals surface area contributed by atoms with Gasteiger partial charge in [0, 0.05) is 23.5 Å². The van der Waals surface area contributed by atoms with E-state index in [0.717, 1.165) is 36.6 Å². The van der Waals surface area contributed by atoms with Gasteiger partial charge in [-0.3, -0.25) is 4.79 Å². The van der Waals surface area contributed by atoms with Crippen LogP contribution >= 0.6 is 0 Å². The number of ketones is 1. The fourth-order valence-electron chi connectivity index (χ4n) is 3.99. The van der Waals surface area contributed by atoms with Crippen LogP contribution in [-0.2, 0) is 0 Å². The van der Waals surface area contributed by atoms with Gasteiger partial charge in [-0.15, -0.1) is 0 Å². The first-order valence-corrected chi connectivity index (χ1v) is 14.6. The quantitative estimate of drug-likeness (QED) is 0.104. The number of unbranched alkanes of at least 4 members (excludes halogenated alkanes) is 10. The Hall–Kier alpha value is -2.75. The molecule has 0 aromatic heterocycles. The van der Waals surface area contributed by atoms with E-state index in [2.05, 4.69) is 26.1 Å². The SMILES string of the molecule is CCCCCCCCCCCCCOc1ccc(N/C=C/C(=O)c2ccc(OC[C@H](C)CC)cc2)cc1. The summed E-state index contributed by atoms with van der Waals surface area (Å²) in [6.07, 6.45) is 19.0. The van der Waals surface area contributed by atoms with E-state index in [0.29, 0.717) is 18.1 Å². The Morgan fingerprint density at radius 2 is 1.30 bits per heavy atom. The zero-order valence-corrected chi connectivity index (χ0v) is 23.5. The minimum Gasteiger partial charge on any atom is -0.494 e. The van der Waals surface area contributed by atoms with Crippen molar-refractivity contribution in [3.8, 4) is 11.5 Å². The van der Waals surface area contributed by atoms with E-state index in [9.17, 15) is 4.79 Å². The lowest BCUT2D eigenvalue weighted by atomic mass is 10.1. The third-order valence-electron chi connectivity index (χ3n) is 6.73. The molecule has 204 valence electrons. The Balaban J connectivity index is 1.57. The fraction of sp³-hybridized carbons (Fsp3) is 0.545. The van der Waals surface area contributed by atoms with Crippen molar-refractivity contribution in [2.45, 2.75) is 97.8 Å². The molecule has 2 aromatic carbocycles. The van der Waals surface area contributed by atoms with E-state index in [1.807, 2.05) is 36.4 Å². The highest BCUT2D eigenvalue weighted by Gasteiger charge is 2.04. The summed E-state index contributed by atoms with van der Waals surface area (Å²) >= 11 is 0. The zero-order chi connectivity index (χ0) is 26.6. The first-order valence-electron chi connectivity index (χ1n) is 14.6. The van der Waals surface area contributed by atoms with Crippen LogP contribution in [0.4, 0.5) is 5.69 Å². The predicted octanol–water partition coefficient (Wildman–Crippen LogP) is 9.61. The first-order chi connectivity index (χ1) is 18.1. The molecule has 0 bridgehead atoms. The third-order valence-corrected chi connectivity index (χ3v) is 6.73. The summed E-state index contributed by atoms with van der Waals surface area (Å²) < 4.78 is 11.6. The highest BCUT2D eigenvalue weighted by molar-refractivity contribution is 6.04. The van der Waals surface area contributed by atoms with E-state index in [-0.39, 0.29) is 5.78 Å². The molecule has 0 heterocycles. The number of carbonyl (C=O) groups excluding carboxylic acids is 1. The highest BCUT2D eigenvalue weighted by atomic mass is 16.5. The number of carbonyl (C=O) groups is 1. The maximum Gasteiger partial charge on any atom is 0.187 e. The second kappa shape index (κ2) is 19.4. The van der Waals surface area contributed by atoms with Crippen molar-refractivity contribution in [2.24, 2.45) is 5.92 Å². The minimum absolute atomic E-state index is 0.0482. The standard InChI is InChI=1S/C33H49NO3/c1-4-6-7-8-9-10-11-12-13-14-15-26-36-31-22-18-30(19-23-31)34-25-24-33(35)29-16-20-32(21-17-29)37-27-28(3)5-2/h16-25,28,34H,4-15,26-27H2,1-3H3/b25-24+/t28-/m1/s1. The number of anilines is 1. The number of hydrogen-bond acceptors (Lipinski definition) is 4. The molecule has 0 saturated carbocycles. The Bertz CT molecular complexity index is 873. The van der Waals surface area contributed by atoms with Gasteiger partial charge in [-0.05, 0) is 60.9 Å². The second-order valence-electron chi connectivity index (χ2n) is 10.1. The molecular formula is C33H49NO3. The molecule has 1 atom stereocenters. The molecule has 0 saturated heterocycles. The summed E-state index contributed by atoms with van der Waals surface area (Å²) in [6, 6.07) is 15.2. The second-order valence-corrected chi connectivity index (χ2v) is 10.1. The van der Waals surface area contributed by atoms with E-state index >= 15 is 0 Å². The Morgan fingerprint density at radius 1 is 0.757 bits per heavy atom.